The SMILES string of the molecule is CS(=O)(=O)CCC(=O)NCc1ncn[nH]1. The average Bonchev–Trinajstić information content (AvgIpc) is 2.62. The van der Waals surface area contributed by atoms with E-state index in [4.69, 9.17) is 0 Å². The van der Waals surface area contributed by atoms with E-state index in [-0.39, 0.29) is 24.6 Å². The summed E-state index contributed by atoms with van der Waals surface area (Å²) in [7, 11) is -3.09. The zero-order valence-electron chi connectivity index (χ0n) is 8.23. The first-order chi connectivity index (χ1) is 6.97. The fourth-order valence-corrected chi connectivity index (χ4v) is 1.42. The van der Waals surface area contributed by atoms with Gasteiger partial charge in [0.05, 0.1) is 12.3 Å². The number of carbonyl (C=O) groups excluding carboxylic acids is 1. The highest BCUT2D eigenvalue weighted by Gasteiger charge is 2.07. The summed E-state index contributed by atoms with van der Waals surface area (Å²) in [6, 6.07) is 0. The number of nitrogens with one attached hydrogen (secondary N) is 2. The maximum atomic E-state index is 11.1. The van der Waals surface area contributed by atoms with Crippen molar-refractivity contribution in [2.75, 3.05) is 12.0 Å². The van der Waals surface area contributed by atoms with Gasteiger partial charge < -0.3 is 5.32 Å². The van der Waals surface area contributed by atoms with Gasteiger partial charge in [0.15, 0.2) is 0 Å². The lowest BCUT2D eigenvalue weighted by atomic mass is 10.4. The molecule has 0 unspecified atom stereocenters. The third-order valence-electron chi connectivity index (χ3n) is 1.62. The molecule has 0 aliphatic carbocycles. The van der Waals surface area contributed by atoms with Crippen LogP contribution < -0.4 is 5.32 Å². The number of hydrogen-bond acceptors (Lipinski definition) is 5. The molecular formula is C7H12N4O3S. The van der Waals surface area contributed by atoms with Gasteiger partial charge in [-0.1, -0.05) is 0 Å². The highest BCUT2D eigenvalue weighted by atomic mass is 32.2. The number of aromatic nitrogens is 3. The number of amides is 1. The van der Waals surface area contributed by atoms with Crippen molar-refractivity contribution >= 4 is 15.7 Å². The van der Waals surface area contributed by atoms with Crippen LogP contribution in [0.15, 0.2) is 6.33 Å². The van der Waals surface area contributed by atoms with Crippen LogP contribution in [-0.4, -0.2) is 41.5 Å². The van der Waals surface area contributed by atoms with Crippen molar-refractivity contribution in [1.29, 1.82) is 0 Å². The number of sulfone groups is 1. The molecule has 0 atom stereocenters. The molecule has 2 N–H and O–H groups in total. The van der Waals surface area contributed by atoms with Crippen LogP contribution in [0.3, 0.4) is 0 Å². The van der Waals surface area contributed by atoms with Crippen molar-refractivity contribution in [1.82, 2.24) is 20.5 Å². The monoisotopic (exact) mass is 232 g/mol. The van der Waals surface area contributed by atoms with E-state index in [1.807, 2.05) is 0 Å². The van der Waals surface area contributed by atoms with Gasteiger partial charge in [0, 0.05) is 12.7 Å². The third kappa shape index (κ3) is 5.11. The van der Waals surface area contributed by atoms with Crippen LogP contribution in [0.25, 0.3) is 0 Å². The molecule has 0 saturated carbocycles. The van der Waals surface area contributed by atoms with Crippen molar-refractivity contribution in [3.63, 3.8) is 0 Å². The van der Waals surface area contributed by atoms with Crippen molar-refractivity contribution < 1.29 is 13.2 Å². The Bertz CT molecular complexity index is 411. The van der Waals surface area contributed by atoms with E-state index in [9.17, 15) is 13.2 Å². The lowest BCUT2D eigenvalue weighted by molar-refractivity contribution is -0.120. The second kappa shape index (κ2) is 4.87. The van der Waals surface area contributed by atoms with Gasteiger partial charge in [0.1, 0.15) is 22.0 Å². The lowest BCUT2D eigenvalue weighted by Gasteiger charge is -2.01. The molecule has 7 nitrogen and oxygen atoms in total. The zero-order valence-corrected chi connectivity index (χ0v) is 9.04. The van der Waals surface area contributed by atoms with E-state index in [0.29, 0.717) is 5.82 Å². The minimum Gasteiger partial charge on any atom is -0.349 e. The minimum absolute atomic E-state index is 0.0348. The Morgan fingerprint density at radius 3 is 2.87 bits per heavy atom. The Morgan fingerprint density at radius 1 is 1.60 bits per heavy atom. The summed E-state index contributed by atoms with van der Waals surface area (Å²) in [4.78, 5) is 14.9. The number of nitrogens with zero attached hydrogens (tertiary/aromatic N) is 2. The Morgan fingerprint density at radius 2 is 2.33 bits per heavy atom. The largest absolute Gasteiger partial charge is 0.349 e. The van der Waals surface area contributed by atoms with Crippen LogP contribution in [-0.2, 0) is 21.2 Å². The van der Waals surface area contributed by atoms with Crippen LogP contribution in [0.4, 0.5) is 0 Å². The predicted octanol–water partition coefficient (Wildman–Crippen LogP) is -1.14. The fourth-order valence-electron chi connectivity index (χ4n) is 0.865. The maximum Gasteiger partial charge on any atom is 0.221 e. The first kappa shape index (κ1) is 11.6. The van der Waals surface area contributed by atoms with E-state index >= 15 is 0 Å². The molecule has 0 bridgehead atoms. The van der Waals surface area contributed by atoms with Gasteiger partial charge in [-0.2, -0.15) is 5.10 Å². The van der Waals surface area contributed by atoms with Gasteiger partial charge in [-0.15, -0.1) is 0 Å². The van der Waals surface area contributed by atoms with Gasteiger partial charge in [0.2, 0.25) is 5.91 Å². The standard InChI is InChI=1S/C7H12N4O3S/c1-15(13,14)3-2-7(12)8-4-6-9-5-10-11-6/h5H,2-4H2,1H3,(H,8,12)(H,9,10,11). The Labute approximate surface area is 87.2 Å². The van der Waals surface area contributed by atoms with Crippen LogP contribution in [0, 0.1) is 0 Å². The normalized spacial score (nSPS) is 11.3. The first-order valence-electron chi connectivity index (χ1n) is 4.26. The molecule has 15 heavy (non-hydrogen) atoms. The zero-order chi connectivity index (χ0) is 11.3. The van der Waals surface area contributed by atoms with Gasteiger partial charge in [0.25, 0.3) is 0 Å². The molecule has 1 rings (SSSR count). The van der Waals surface area contributed by atoms with Crippen LogP contribution in [0.1, 0.15) is 12.2 Å². The molecule has 0 saturated heterocycles. The molecule has 1 aromatic rings. The van der Waals surface area contributed by atoms with Crippen molar-refractivity contribution in [3.8, 4) is 0 Å². The van der Waals surface area contributed by atoms with E-state index in [1.54, 1.807) is 0 Å². The smallest absolute Gasteiger partial charge is 0.221 e. The van der Waals surface area contributed by atoms with Crippen molar-refractivity contribution in [3.05, 3.63) is 12.2 Å². The number of hydrogen-bond donors (Lipinski definition) is 2. The molecule has 8 heteroatoms. The van der Waals surface area contributed by atoms with E-state index in [2.05, 4.69) is 20.5 Å². The molecule has 0 aromatic carbocycles. The summed E-state index contributed by atoms with van der Waals surface area (Å²) >= 11 is 0. The molecule has 0 fully saturated rings. The quantitative estimate of drug-likeness (QED) is 0.667. The maximum absolute atomic E-state index is 11.1. The molecule has 1 amide bonds. The number of aromatic amines is 1. The number of rotatable bonds is 5. The predicted molar refractivity (Wildman–Crippen MR) is 52.6 cm³/mol. The average molecular weight is 232 g/mol. The van der Waals surface area contributed by atoms with Gasteiger partial charge in [-0.3, -0.25) is 9.89 Å². The molecule has 0 aliphatic heterocycles. The van der Waals surface area contributed by atoms with Gasteiger partial charge in [-0.05, 0) is 0 Å². The van der Waals surface area contributed by atoms with Gasteiger partial charge in [-0.25, -0.2) is 13.4 Å². The van der Waals surface area contributed by atoms with Crippen LogP contribution in [0.5, 0.6) is 0 Å². The van der Waals surface area contributed by atoms with Crippen molar-refractivity contribution in [2.45, 2.75) is 13.0 Å². The molecular weight excluding hydrogens is 220 g/mol. The molecule has 1 aromatic heterocycles. The topological polar surface area (TPSA) is 105 Å². The summed E-state index contributed by atoms with van der Waals surface area (Å²) in [5, 5.41) is 8.69. The molecule has 0 spiro atoms. The lowest BCUT2D eigenvalue weighted by Crippen LogP contribution is -2.25. The first-order valence-corrected chi connectivity index (χ1v) is 6.32. The summed E-state index contributed by atoms with van der Waals surface area (Å²) in [6.07, 6.45) is 2.39. The van der Waals surface area contributed by atoms with E-state index in [0.717, 1.165) is 6.26 Å². The molecule has 0 radical (unpaired) electrons. The minimum atomic E-state index is -3.09. The number of H-pyrrole nitrogens is 1. The second-order valence-electron chi connectivity index (χ2n) is 3.09. The van der Waals surface area contributed by atoms with E-state index in [1.165, 1.54) is 6.33 Å². The summed E-state index contributed by atoms with van der Waals surface area (Å²) in [5.74, 6) is 0.0643. The Balaban J connectivity index is 2.25. The molecule has 84 valence electrons. The van der Waals surface area contributed by atoms with Crippen LogP contribution in [0.2, 0.25) is 0 Å². The highest BCUT2D eigenvalue weighted by molar-refractivity contribution is 7.90. The summed E-state index contributed by atoms with van der Waals surface area (Å²) in [5.41, 5.74) is 0. The molecule has 1 heterocycles. The summed E-state index contributed by atoms with van der Waals surface area (Å²) < 4.78 is 21.5. The van der Waals surface area contributed by atoms with E-state index < -0.39 is 9.84 Å². The van der Waals surface area contributed by atoms with Crippen LogP contribution >= 0.6 is 0 Å². The Hall–Kier alpha value is -1.44. The fraction of sp³-hybridized carbons (Fsp3) is 0.571. The second-order valence-corrected chi connectivity index (χ2v) is 5.35. The number of carbonyl (C=O) groups is 1. The highest BCUT2D eigenvalue weighted by Crippen LogP contribution is 1.90. The third-order valence-corrected chi connectivity index (χ3v) is 2.56. The summed E-state index contributed by atoms with van der Waals surface area (Å²) in [6.45, 7) is 0.225. The van der Waals surface area contributed by atoms with Gasteiger partial charge >= 0.3 is 0 Å². The molecule has 0 aliphatic rings. The Kier molecular flexibility index (Phi) is 3.78. The van der Waals surface area contributed by atoms with Crippen molar-refractivity contribution in [2.24, 2.45) is 0 Å².